The van der Waals surface area contributed by atoms with Gasteiger partial charge in [-0.2, -0.15) is 11.8 Å². The lowest BCUT2D eigenvalue weighted by atomic mass is 9.67. The van der Waals surface area contributed by atoms with Crippen molar-refractivity contribution in [3.05, 3.63) is 0 Å². The molecular formula is C16H29NO2S. The zero-order valence-electron chi connectivity index (χ0n) is 12.6. The average molecular weight is 299 g/mol. The number of carbonyl (C=O) groups excluding carboxylic acids is 1. The zero-order valence-corrected chi connectivity index (χ0v) is 13.5. The van der Waals surface area contributed by atoms with Crippen molar-refractivity contribution < 1.29 is 9.90 Å². The Morgan fingerprint density at radius 3 is 2.70 bits per heavy atom. The highest BCUT2D eigenvalue weighted by molar-refractivity contribution is 7.98. The van der Waals surface area contributed by atoms with Crippen molar-refractivity contribution in [2.45, 2.75) is 57.4 Å². The highest BCUT2D eigenvalue weighted by atomic mass is 32.2. The molecule has 2 aliphatic carbocycles. The molecule has 2 rings (SSSR count). The first-order valence-corrected chi connectivity index (χ1v) is 9.54. The van der Waals surface area contributed by atoms with Crippen LogP contribution in [-0.4, -0.2) is 35.7 Å². The zero-order chi connectivity index (χ0) is 14.4. The van der Waals surface area contributed by atoms with E-state index in [0.29, 0.717) is 6.42 Å². The van der Waals surface area contributed by atoms with Gasteiger partial charge in [0.05, 0.1) is 0 Å². The maximum absolute atomic E-state index is 12.4. The third kappa shape index (κ3) is 4.39. The van der Waals surface area contributed by atoms with Crippen LogP contribution in [0.15, 0.2) is 0 Å². The fourth-order valence-electron chi connectivity index (χ4n) is 3.98. The summed E-state index contributed by atoms with van der Waals surface area (Å²) in [7, 11) is 0. The minimum absolute atomic E-state index is 0.131. The number of carbonyl (C=O) groups is 1. The summed E-state index contributed by atoms with van der Waals surface area (Å²) in [5.74, 6) is 3.04. The Morgan fingerprint density at radius 1 is 1.25 bits per heavy atom. The van der Waals surface area contributed by atoms with Gasteiger partial charge in [0.1, 0.15) is 0 Å². The third-order valence-corrected chi connectivity index (χ3v) is 5.84. The van der Waals surface area contributed by atoms with Crippen LogP contribution in [0.3, 0.4) is 0 Å². The summed E-state index contributed by atoms with van der Waals surface area (Å²) in [6.45, 7) is 0.154. The van der Waals surface area contributed by atoms with E-state index in [1.54, 1.807) is 11.8 Å². The fourth-order valence-corrected chi connectivity index (χ4v) is 4.64. The first-order valence-electron chi connectivity index (χ1n) is 8.14. The van der Waals surface area contributed by atoms with E-state index in [1.807, 2.05) is 6.26 Å². The van der Waals surface area contributed by atoms with E-state index in [0.717, 1.165) is 30.4 Å². The van der Waals surface area contributed by atoms with E-state index in [9.17, 15) is 4.79 Å². The first-order chi connectivity index (χ1) is 9.74. The minimum Gasteiger partial charge on any atom is -0.396 e. The van der Waals surface area contributed by atoms with Crippen LogP contribution in [0.25, 0.3) is 0 Å². The van der Waals surface area contributed by atoms with Gasteiger partial charge in [-0.1, -0.05) is 25.7 Å². The predicted molar refractivity (Wildman–Crippen MR) is 84.8 cm³/mol. The highest BCUT2D eigenvalue weighted by Gasteiger charge is 2.35. The van der Waals surface area contributed by atoms with E-state index >= 15 is 0 Å². The molecule has 0 aromatic carbocycles. The van der Waals surface area contributed by atoms with Crippen LogP contribution in [0.1, 0.15) is 51.4 Å². The molecule has 4 atom stereocenters. The Balaban J connectivity index is 1.82. The number of nitrogens with one attached hydrogen (secondary N) is 1. The van der Waals surface area contributed by atoms with Crippen LogP contribution in [-0.2, 0) is 4.79 Å². The van der Waals surface area contributed by atoms with Crippen molar-refractivity contribution in [3.63, 3.8) is 0 Å². The molecule has 0 spiro atoms. The molecule has 2 saturated carbocycles. The van der Waals surface area contributed by atoms with Crippen molar-refractivity contribution in [3.8, 4) is 0 Å². The Kier molecular flexibility index (Phi) is 6.69. The second-order valence-corrected chi connectivity index (χ2v) is 7.40. The SMILES string of the molecule is CSCC(CCO)NC(=O)C1CCC2CCCCC2C1. The summed E-state index contributed by atoms with van der Waals surface area (Å²) in [6.07, 6.45) is 11.6. The van der Waals surface area contributed by atoms with E-state index in [2.05, 4.69) is 5.32 Å². The molecule has 0 heterocycles. The first kappa shape index (κ1) is 16.2. The van der Waals surface area contributed by atoms with Crippen molar-refractivity contribution in [2.75, 3.05) is 18.6 Å². The minimum atomic E-state index is 0.131. The smallest absolute Gasteiger partial charge is 0.223 e. The molecule has 0 saturated heterocycles. The van der Waals surface area contributed by atoms with Crippen LogP contribution < -0.4 is 5.32 Å². The summed E-state index contributed by atoms with van der Waals surface area (Å²) in [5, 5.41) is 12.2. The van der Waals surface area contributed by atoms with Gasteiger partial charge in [-0.15, -0.1) is 0 Å². The molecule has 3 nitrogen and oxygen atoms in total. The number of aliphatic hydroxyl groups is 1. The normalized spacial score (nSPS) is 31.4. The quantitative estimate of drug-likeness (QED) is 0.793. The van der Waals surface area contributed by atoms with Crippen LogP contribution in [0.4, 0.5) is 0 Å². The largest absolute Gasteiger partial charge is 0.396 e. The van der Waals surface area contributed by atoms with Crippen molar-refractivity contribution in [2.24, 2.45) is 17.8 Å². The molecule has 2 aliphatic rings. The summed E-state index contributed by atoms with van der Waals surface area (Å²) in [4.78, 5) is 12.4. The number of fused-ring (bicyclic) bond motifs is 1. The molecule has 20 heavy (non-hydrogen) atoms. The maximum atomic E-state index is 12.4. The van der Waals surface area contributed by atoms with E-state index in [1.165, 1.54) is 32.1 Å². The van der Waals surface area contributed by atoms with Crippen LogP contribution in [0.2, 0.25) is 0 Å². The fraction of sp³-hybridized carbons (Fsp3) is 0.938. The molecule has 4 heteroatoms. The summed E-state index contributed by atoms with van der Waals surface area (Å²) in [6, 6.07) is 0.131. The molecule has 1 amide bonds. The van der Waals surface area contributed by atoms with E-state index in [4.69, 9.17) is 5.11 Å². The molecule has 4 unspecified atom stereocenters. The lowest BCUT2D eigenvalue weighted by Gasteiger charge is -2.39. The highest BCUT2D eigenvalue weighted by Crippen LogP contribution is 2.42. The molecule has 0 aromatic heterocycles. The lowest BCUT2D eigenvalue weighted by Crippen LogP contribution is -2.43. The van der Waals surface area contributed by atoms with Crippen LogP contribution in [0.5, 0.6) is 0 Å². The van der Waals surface area contributed by atoms with E-state index in [-0.39, 0.29) is 24.5 Å². The van der Waals surface area contributed by atoms with Gasteiger partial charge in [-0.05, 0) is 43.8 Å². The van der Waals surface area contributed by atoms with Crippen LogP contribution in [0, 0.1) is 17.8 Å². The molecule has 2 fully saturated rings. The number of hydrogen-bond donors (Lipinski definition) is 2. The predicted octanol–water partition coefficient (Wildman–Crippen LogP) is 2.82. The molecule has 0 radical (unpaired) electrons. The Labute approximate surface area is 127 Å². The summed E-state index contributed by atoms with van der Waals surface area (Å²) < 4.78 is 0. The van der Waals surface area contributed by atoms with Crippen molar-refractivity contribution in [1.82, 2.24) is 5.32 Å². The van der Waals surface area contributed by atoms with E-state index < -0.39 is 0 Å². The average Bonchev–Trinajstić information content (AvgIpc) is 2.47. The van der Waals surface area contributed by atoms with Gasteiger partial charge in [-0.3, -0.25) is 4.79 Å². The maximum Gasteiger partial charge on any atom is 0.223 e. The van der Waals surface area contributed by atoms with Gasteiger partial charge in [-0.25, -0.2) is 0 Å². The van der Waals surface area contributed by atoms with Gasteiger partial charge in [0.15, 0.2) is 0 Å². The van der Waals surface area contributed by atoms with Gasteiger partial charge >= 0.3 is 0 Å². The molecule has 0 aliphatic heterocycles. The number of thioether (sulfide) groups is 1. The topological polar surface area (TPSA) is 49.3 Å². The second kappa shape index (κ2) is 8.28. The Bertz CT molecular complexity index is 305. The van der Waals surface area contributed by atoms with Crippen molar-refractivity contribution >= 4 is 17.7 Å². The van der Waals surface area contributed by atoms with Crippen LogP contribution >= 0.6 is 11.8 Å². The molecule has 0 aromatic rings. The third-order valence-electron chi connectivity index (χ3n) is 5.10. The molecular weight excluding hydrogens is 270 g/mol. The number of amides is 1. The number of rotatable bonds is 6. The number of hydrogen-bond acceptors (Lipinski definition) is 3. The number of aliphatic hydroxyl groups excluding tert-OH is 1. The Hall–Kier alpha value is -0.220. The van der Waals surface area contributed by atoms with Gasteiger partial charge in [0, 0.05) is 24.3 Å². The summed E-state index contributed by atoms with van der Waals surface area (Å²) >= 11 is 1.73. The summed E-state index contributed by atoms with van der Waals surface area (Å²) in [5.41, 5.74) is 0. The van der Waals surface area contributed by atoms with Gasteiger partial charge in [0.25, 0.3) is 0 Å². The standard InChI is InChI=1S/C16H29NO2S/c1-20-11-15(8-9-18)17-16(19)14-7-6-12-4-2-3-5-13(12)10-14/h12-15,18H,2-11H2,1H3,(H,17,19). The van der Waals surface area contributed by atoms with Crippen molar-refractivity contribution in [1.29, 1.82) is 0 Å². The molecule has 0 bridgehead atoms. The second-order valence-electron chi connectivity index (χ2n) is 6.49. The Morgan fingerprint density at radius 2 is 2.00 bits per heavy atom. The molecule has 116 valence electrons. The molecule has 2 N–H and O–H groups in total. The monoisotopic (exact) mass is 299 g/mol. The van der Waals surface area contributed by atoms with Gasteiger partial charge in [0.2, 0.25) is 5.91 Å². The lowest BCUT2D eigenvalue weighted by molar-refractivity contribution is -0.127. The van der Waals surface area contributed by atoms with Gasteiger partial charge < -0.3 is 10.4 Å².